The van der Waals surface area contributed by atoms with Crippen molar-refractivity contribution < 1.29 is 19.1 Å². The maximum atomic E-state index is 12.6. The molecule has 2 amide bonds. The van der Waals surface area contributed by atoms with E-state index in [4.69, 9.17) is 4.42 Å². The van der Waals surface area contributed by atoms with Crippen molar-refractivity contribution in [1.29, 1.82) is 0 Å². The van der Waals surface area contributed by atoms with E-state index in [9.17, 15) is 14.7 Å². The molecule has 4 aromatic rings. The minimum Gasteiger partial charge on any atom is -0.507 e. The van der Waals surface area contributed by atoms with Crippen molar-refractivity contribution >= 4 is 39.1 Å². The number of carbonyl (C=O) groups is 2. The quantitative estimate of drug-likeness (QED) is 0.461. The summed E-state index contributed by atoms with van der Waals surface area (Å²) in [6.07, 6.45) is 0. The van der Waals surface area contributed by atoms with Crippen molar-refractivity contribution in [3.63, 3.8) is 0 Å². The van der Waals surface area contributed by atoms with Crippen molar-refractivity contribution in [2.45, 2.75) is 13.5 Å². The highest BCUT2D eigenvalue weighted by molar-refractivity contribution is 7.14. The molecular formula is C21H17N3O4S. The maximum absolute atomic E-state index is 12.6. The van der Waals surface area contributed by atoms with Crippen LogP contribution in [0.1, 0.15) is 23.0 Å². The van der Waals surface area contributed by atoms with Crippen molar-refractivity contribution in [1.82, 2.24) is 10.3 Å². The molecule has 3 N–H and O–H groups in total. The molecule has 2 heterocycles. The molecule has 0 fully saturated rings. The molecule has 0 spiro atoms. The standard InChI is InChI=1S/C21H17N3O4S/c1-12(25)22-10-15-6-7-19(28-15)17-11-29-21(23-17)24-20(27)16-8-13-4-2-3-5-14(13)9-18(16)26/h2-9,11,26H,10H2,1H3,(H,22,25)(H,23,24,27). The van der Waals surface area contributed by atoms with E-state index in [0.29, 0.717) is 28.9 Å². The molecule has 0 saturated carbocycles. The minimum absolute atomic E-state index is 0.0911. The van der Waals surface area contributed by atoms with Crippen LogP contribution in [-0.4, -0.2) is 21.9 Å². The number of hydrogen-bond acceptors (Lipinski definition) is 6. The molecule has 0 atom stereocenters. The van der Waals surface area contributed by atoms with Gasteiger partial charge >= 0.3 is 0 Å². The van der Waals surface area contributed by atoms with Gasteiger partial charge in [-0.25, -0.2) is 4.98 Å². The molecule has 146 valence electrons. The number of carbonyl (C=O) groups excluding carboxylic acids is 2. The second-order valence-electron chi connectivity index (χ2n) is 6.38. The van der Waals surface area contributed by atoms with Crippen LogP contribution >= 0.6 is 11.3 Å². The molecule has 0 bridgehead atoms. The zero-order chi connectivity index (χ0) is 20.4. The van der Waals surface area contributed by atoms with Gasteiger partial charge in [0.25, 0.3) is 5.91 Å². The van der Waals surface area contributed by atoms with Gasteiger partial charge in [-0.05, 0) is 35.0 Å². The zero-order valence-corrected chi connectivity index (χ0v) is 16.2. The summed E-state index contributed by atoms with van der Waals surface area (Å²) in [5, 5.41) is 19.4. The molecule has 0 aliphatic carbocycles. The Balaban J connectivity index is 1.50. The van der Waals surface area contributed by atoms with Gasteiger partial charge in [-0.2, -0.15) is 0 Å². The number of furan rings is 1. The van der Waals surface area contributed by atoms with E-state index in [-0.39, 0.29) is 17.2 Å². The van der Waals surface area contributed by atoms with Gasteiger partial charge in [-0.15, -0.1) is 11.3 Å². The third-order valence-electron chi connectivity index (χ3n) is 4.26. The number of amides is 2. The van der Waals surface area contributed by atoms with Gasteiger partial charge in [0.1, 0.15) is 17.2 Å². The minimum atomic E-state index is -0.444. The number of fused-ring (bicyclic) bond motifs is 1. The van der Waals surface area contributed by atoms with Crippen LogP contribution in [0.4, 0.5) is 5.13 Å². The summed E-state index contributed by atoms with van der Waals surface area (Å²) in [6.45, 7) is 1.73. The second kappa shape index (κ2) is 7.76. The third kappa shape index (κ3) is 4.12. The van der Waals surface area contributed by atoms with Gasteiger partial charge in [0.05, 0.1) is 12.1 Å². The Labute approximate surface area is 170 Å². The van der Waals surface area contributed by atoms with E-state index in [1.165, 1.54) is 18.3 Å². The number of aromatic hydroxyl groups is 1. The van der Waals surface area contributed by atoms with Gasteiger partial charge in [0.2, 0.25) is 5.91 Å². The van der Waals surface area contributed by atoms with Crippen molar-refractivity contribution in [2.75, 3.05) is 5.32 Å². The molecule has 0 saturated heterocycles. The number of anilines is 1. The molecule has 0 radical (unpaired) electrons. The van der Waals surface area contributed by atoms with Crippen LogP contribution in [0.2, 0.25) is 0 Å². The predicted molar refractivity (Wildman–Crippen MR) is 111 cm³/mol. The molecule has 29 heavy (non-hydrogen) atoms. The number of rotatable bonds is 5. The lowest BCUT2D eigenvalue weighted by Crippen LogP contribution is -2.18. The number of phenolic OH excluding ortho intramolecular Hbond substituents is 1. The summed E-state index contributed by atoms with van der Waals surface area (Å²) in [6, 6.07) is 14.2. The lowest BCUT2D eigenvalue weighted by atomic mass is 10.1. The molecule has 0 aliphatic heterocycles. The molecule has 8 heteroatoms. The van der Waals surface area contributed by atoms with Crippen LogP contribution in [0.25, 0.3) is 22.2 Å². The largest absolute Gasteiger partial charge is 0.507 e. The van der Waals surface area contributed by atoms with E-state index in [1.54, 1.807) is 29.6 Å². The number of hydrogen-bond donors (Lipinski definition) is 3. The fourth-order valence-electron chi connectivity index (χ4n) is 2.84. The monoisotopic (exact) mass is 407 g/mol. The lowest BCUT2D eigenvalue weighted by Gasteiger charge is -2.06. The number of benzene rings is 2. The van der Waals surface area contributed by atoms with Gasteiger partial charge in [0.15, 0.2) is 10.9 Å². The number of aromatic nitrogens is 1. The fourth-order valence-corrected chi connectivity index (χ4v) is 3.54. The SMILES string of the molecule is CC(=O)NCc1ccc(-c2csc(NC(=O)c3cc4ccccc4cc3O)n2)o1. The molecule has 4 rings (SSSR count). The Kier molecular flexibility index (Phi) is 5.01. The Morgan fingerprint density at radius 3 is 2.66 bits per heavy atom. The van der Waals surface area contributed by atoms with E-state index in [1.807, 2.05) is 24.3 Å². The Morgan fingerprint density at radius 2 is 1.90 bits per heavy atom. The summed E-state index contributed by atoms with van der Waals surface area (Å²) in [5.41, 5.74) is 0.748. The fraction of sp³-hybridized carbons (Fsp3) is 0.0952. The number of thiazole rings is 1. The lowest BCUT2D eigenvalue weighted by molar-refractivity contribution is -0.119. The van der Waals surface area contributed by atoms with E-state index >= 15 is 0 Å². The van der Waals surface area contributed by atoms with Crippen molar-refractivity contribution in [3.05, 3.63) is 65.2 Å². The summed E-state index contributed by atoms with van der Waals surface area (Å²) >= 11 is 1.25. The van der Waals surface area contributed by atoms with Gasteiger partial charge in [0, 0.05) is 12.3 Å². The van der Waals surface area contributed by atoms with Crippen molar-refractivity contribution in [2.24, 2.45) is 0 Å². The number of phenols is 1. The van der Waals surface area contributed by atoms with Gasteiger partial charge in [-0.1, -0.05) is 24.3 Å². The maximum Gasteiger partial charge on any atom is 0.261 e. The molecule has 2 aromatic heterocycles. The summed E-state index contributed by atoms with van der Waals surface area (Å²) in [4.78, 5) is 28.0. The average Bonchev–Trinajstić information content (AvgIpc) is 3.35. The van der Waals surface area contributed by atoms with Crippen LogP contribution in [0.3, 0.4) is 0 Å². The molecule has 2 aromatic carbocycles. The topological polar surface area (TPSA) is 104 Å². The third-order valence-corrected chi connectivity index (χ3v) is 5.02. The first-order valence-corrected chi connectivity index (χ1v) is 9.70. The van der Waals surface area contributed by atoms with Gasteiger partial charge < -0.3 is 14.8 Å². The molecule has 7 nitrogen and oxygen atoms in total. The molecule has 0 unspecified atom stereocenters. The number of nitrogens with one attached hydrogen (secondary N) is 2. The van der Waals surface area contributed by atoms with E-state index in [0.717, 1.165) is 10.8 Å². The van der Waals surface area contributed by atoms with Crippen LogP contribution in [0, 0.1) is 0 Å². The first kappa shape index (κ1) is 18.7. The predicted octanol–water partition coefficient (Wildman–Crippen LogP) is 4.15. The van der Waals surface area contributed by atoms with Crippen LogP contribution in [0.5, 0.6) is 5.75 Å². The average molecular weight is 407 g/mol. The normalized spacial score (nSPS) is 10.8. The first-order valence-electron chi connectivity index (χ1n) is 8.82. The Morgan fingerprint density at radius 1 is 1.14 bits per heavy atom. The van der Waals surface area contributed by atoms with Crippen LogP contribution in [-0.2, 0) is 11.3 Å². The Bertz CT molecular complexity index is 1210. The summed E-state index contributed by atoms with van der Waals surface area (Å²) < 4.78 is 5.67. The highest BCUT2D eigenvalue weighted by atomic mass is 32.1. The van der Waals surface area contributed by atoms with Gasteiger partial charge in [-0.3, -0.25) is 14.9 Å². The van der Waals surface area contributed by atoms with E-state index < -0.39 is 5.91 Å². The van der Waals surface area contributed by atoms with Crippen molar-refractivity contribution in [3.8, 4) is 17.2 Å². The second-order valence-corrected chi connectivity index (χ2v) is 7.24. The van der Waals surface area contributed by atoms with Crippen LogP contribution < -0.4 is 10.6 Å². The zero-order valence-electron chi connectivity index (χ0n) is 15.4. The highest BCUT2D eigenvalue weighted by Crippen LogP contribution is 2.29. The first-order chi connectivity index (χ1) is 14.0. The smallest absolute Gasteiger partial charge is 0.261 e. The van der Waals surface area contributed by atoms with Crippen LogP contribution in [0.15, 0.2) is 58.3 Å². The highest BCUT2D eigenvalue weighted by Gasteiger charge is 2.16. The number of nitrogens with zero attached hydrogens (tertiary/aromatic N) is 1. The molecule has 0 aliphatic rings. The van der Waals surface area contributed by atoms with E-state index in [2.05, 4.69) is 15.6 Å². The molecular weight excluding hydrogens is 390 g/mol. The summed E-state index contributed by atoms with van der Waals surface area (Å²) in [7, 11) is 0. The summed E-state index contributed by atoms with van der Waals surface area (Å²) in [5.74, 6) is 0.468. The Hall–Kier alpha value is -3.65.